The third-order valence-corrected chi connectivity index (χ3v) is 1.49. The van der Waals surface area contributed by atoms with Crippen LogP contribution in [0.4, 0.5) is 0 Å². The van der Waals surface area contributed by atoms with Crippen LogP contribution in [-0.4, -0.2) is 0 Å². The van der Waals surface area contributed by atoms with Crippen LogP contribution in [0, 0.1) is 0 Å². The molecule has 0 saturated carbocycles. The van der Waals surface area contributed by atoms with Gasteiger partial charge in [-0.3, -0.25) is 0 Å². The van der Waals surface area contributed by atoms with Gasteiger partial charge in [-0.15, -0.1) is 0 Å². The number of halogens is 1. The number of hydrogen-bond donors (Lipinski definition) is 0. The SMILES string of the molecule is [N]OC(Cl)c1ccccc1. The number of alkyl halides is 1. The molecule has 2 nitrogen and oxygen atoms in total. The molecule has 0 fully saturated rings. The minimum Gasteiger partial charge on any atom is -0.239 e. The van der Waals surface area contributed by atoms with Crippen molar-refractivity contribution in [3.8, 4) is 0 Å². The van der Waals surface area contributed by atoms with E-state index in [4.69, 9.17) is 17.5 Å². The molecule has 0 aliphatic heterocycles. The quantitative estimate of drug-likeness (QED) is 0.474. The summed E-state index contributed by atoms with van der Waals surface area (Å²) in [6, 6.07) is 9.06. The highest BCUT2D eigenvalue weighted by molar-refractivity contribution is 6.19. The number of nitrogens with zero attached hydrogens (tertiary/aromatic N) is 1. The zero-order chi connectivity index (χ0) is 7.40. The smallest absolute Gasteiger partial charge is 0.181 e. The van der Waals surface area contributed by atoms with Crippen molar-refractivity contribution in [1.29, 1.82) is 0 Å². The lowest BCUT2D eigenvalue weighted by molar-refractivity contribution is 0.0914. The first-order chi connectivity index (χ1) is 4.84. The van der Waals surface area contributed by atoms with E-state index in [9.17, 15) is 0 Å². The third kappa shape index (κ3) is 1.70. The van der Waals surface area contributed by atoms with E-state index in [1.165, 1.54) is 0 Å². The van der Waals surface area contributed by atoms with Gasteiger partial charge in [-0.1, -0.05) is 41.9 Å². The molecule has 0 N–H and O–H groups in total. The first kappa shape index (κ1) is 7.54. The van der Waals surface area contributed by atoms with Gasteiger partial charge in [-0.2, -0.15) is 0 Å². The first-order valence-electron chi connectivity index (χ1n) is 2.84. The summed E-state index contributed by atoms with van der Waals surface area (Å²) in [5.74, 6) is 8.16. The summed E-state index contributed by atoms with van der Waals surface area (Å²) in [6.45, 7) is 0. The summed E-state index contributed by atoms with van der Waals surface area (Å²) >= 11 is 5.52. The Morgan fingerprint density at radius 2 is 1.90 bits per heavy atom. The van der Waals surface area contributed by atoms with Crippen molar-refractivity contribution < 1.29 is 4.84 Å². The van der Waals surface area contributed by atoms with Crippen molar-refractivity contribution in [2.75, 3.05) is 0 Å². The average Bonchev–Trinajstić information content (AvgIpc) is 2.05. The van der Waals surface area contributed by atoms with Gasteiger partial charge in [0.15, 0.2) is 5.56 Å². The summed E-state index contributed by atoms with van der Waals surface area (Å²) in [5.41, 5.74) is -0.0205. The van der Waals surface area contributed by atoms with Gasteiger partial charge in [0.25, 0.3) is 0 Å². The van der Waals surface area contributed by atoms with Crippen molar-refractivity contribution in [2.24, 2.45) is 0 Å². The van der Waals surface area contributed by atoms with E-state index in [0.29, 0.717) is 0 Å². The predicted molar refractivity (Wildman–Crippen MR) is 38.3 cm³/mol. The summed E-state index contributed by atoms with van der Waals surface area (Å²) in [4.78, 5) is 3.90. The maximum atomic E-state index is 8.16. The van der Waals surface area contributed by atoms with Gasteiger partial charge < -0.3 is 0 Å². The monoisotopic (exact) mass is 155 g/mol. The lowest BCUT2D eigenvalue weighted by Gasteiger charge is -2.02. The van der Waals surface area contributed by atoms with Gasteiger partial charge in [0.2, 0.25) is 0 Å². The molecule has 1 rings (SSSR count). The molecule has 0 aromatic heterocycles. The fourth-order valence-electron chi connectivity index (χ4n) is 0.665. The van der Waals surface area contributed by atoms with E-state index < -0.39 is 5.56 Å². The van der Waals surface area contributed by atoms with Crippen LogP contribution in [0.1, 0.15) is 11.1 Å². The molecular weight excluding hydrogens is 150 g/mol. The van der Waals surface area contributed by atoms with Gasteiger partial charge >= 0.3 is 0 Å². The molecule has 1 aromatic carbocycles. The third-order valence-electron chi connectivity index (χ3n) is 1.15. The molecule has 10 heavy (non-hydrogen) atoms. The van der Waals surface area contributed by atoms with Crippen LogP contribution < -0.4 is 5.90 Å². The molecule has 0 heterocycles. The Labute approximate surface area is 64.5 Å². The molecule has 2 radical (unpaired) electrons. The van der Waals surface area contributed by atoms with Crippen LogP contribution in [0.15, 0.2) is 30.3 Å². The van der Waals surface area contributed by atoms with E-state index >= 15 is 0 Å². The Morgan fingerprint density at radius 3 is 2.40 bits per heavy atom. The maximum Gasteiger partial charge on any atom is 0.181 e. The van der Waals surface area contributed by atoms with Gasteiger partial charge in [0, 0.05) is 5.90 Å². The molecule has 0 aliphatic carbocycles. The highest BCUT2D eigenvalue weighted by Crippen LogP contribution is 2.18. The molecule has 1 unspecified atom stereocenters. The average molecular weight is 156 g/mol. The summed E-state index contributed by atoms with van der Waals surface area (Å²) in [6.07, 6.45) is 0. The minimum atomic E-state index is -0.763. The molecule has 0 amide bonds. The van der Waals surface area contributed by atoms with Gasteiger partial charge in [-0.25, -0.2) is 4.84 Å². The molecule has 0 bridgehead atoms. The lowest BCUT2D eigenvalue weighted by Crippen LogP contribution is -1.93. The number of hydrogen-bond acceptors (Lipinski definition) is 1. The Hall–Kier alpha value is -0.570. The summed E-state index contributed by atoms with van der Waals surface area (Å²) < 4.78 is 0. The van der Waals surface area contributed by atoms with Gasteiger partial charge in [-0.05, 0) is 5.56 Å². The molecular formula is C7H6ClNO. The van der Waals surface area contributed by atoms with Gasteiger partial charge in [0.05, 0.1) is 0 Å². The molecule has 1 aromatic rings. The zero-order valence-corrected chi connectivity index (χ0v) is 5.95. The Bertz CT molecular complexity index is 190. The minimum absolute atomic E-state index is 0.742. The van der Waals surface area contributed by atoms with Crippen LogP contribution in [0.5, 0.6) is 0 Å². The number of benzene rings is 1. The van der Waals surface area contributed by atoms with Crippen molar-refractivity contribution in [2.45, 2.75) is 5.56 Å². The van der Waals surface area contributed by atoms with E-state index in [1.807, 2.05) is 18.2 Å². The van der Waals surface area contributed by atoms with Crippen LogP contribution in [0.25, 0.3) is 0 Å². The molecule has 52 valence electrons. The van der Waals surface area contributed by atoms with E-state index in [2.05, 4.69) is 4.84 Å². The second-order valence-electron chi connectivity index (χ2n) is 1.83. The zero-order valence-electron chi connectivity index (χ0n) is 5.20. The highest BCUT2D eigenvalue weighted by Gasteiger charge is 2.04. The van der Waals surface area contributed by atoms with Crippen LogP contribution >= 0.6 is 11.6 Å². The Kier molecular flexibility index (Phi) is 2.68. The number of rotatable bonds is 2. The molecule has 3 heteroatoms. The van der Waals surface area contributed by atoms with Crippen molar-refractivity contribution in [1.82, 2.24) is 5.90 Å². The van der Waals surface area contributed by atoms with Crippen molar-refractivity contribution in [3.05, 3.63) is 35.9 Å². The van der Waals surface area contributed by atoms with Crippen molar-refractivity contribution in [3.63, 3.8) is 0 Å². The topological polar surface area (TPSA) is 31.5 Å². The summed E-state index contributed by atoms with van der Waals surface area (Å²) in [7, 11) is 0. The Balaban J connectivity index is 2.75. The van der Waals surface area contributed by atoms with Crippen LogP contribution in [0.3, 0.4) is 0 Å². The lowest BCUT2D eigenvalue weighted by atomic mass is 10.2. The second-order valence-corrected chi connectivity index (χ2v) is 2.23. The standard InChI is InChI=1S/C7H6ClNO/c8-7(10-9)6-4-2-1-3-5-6/h1-5,7H. The van der Waals surface area contributed by atoms with E-state index in [1.54, 1.807) is 12.1 Å². The predicted octanol–water partition coefficient (Wildman–Crippen LogP) is 1.92. The van der Waals surface area contributed by atoms with E-state index in [0.717, 1.165) is 5.56 Å². The first-order valence-corrected chi connectivity index (χ1v) is 3.27. The summed E-state index contributed by atoms with van der Waals surface area (Å²) in [5, 5.41) is 0. The highest BCUT2D eigenvalue weighted by atomic mass is 35.5. The fraction of sp³-hybridized carbons (Fsp3) is 0.143. The maximum absolute atomic E-state index is 8.16. The largest absolute Gasteiger partial charge is 0.239 e. The fourth-order valence-corrected chi connectivity index (χ4v) is 0.811. The second kappa shape index (κ2) is 3.56. The van der Waals surface area contributed by atoms with E-state index in [-0.39, 0.29) is 0 Å². The molecule has 1 atom stereocenters. The molecule has 0 aliphatic rings. The van der Waals surface area contributed by atoms with Gasteiger partial charge in [0.1, 0.15) is 0 Å². The molecule has 0 spiro atoms. The van der Waals surface area contributed by atoms with Crippen LogP contribution in [-0.2, 0) is 4.84 Å². The normalized spacial score (nSPS) is 13.0. The van der Waals surface area contributed by atoms with Crippen LogP contribution in [0.2, 0.25) is 0 Å². The van der Waals surface area contributed by atoms with Crippen molar-refractivity contribution >= 4 is 11.6 Å². The molecule has 0 saturated heterocycles. The Morgan fingerprint density at radius 1 is 1.30 bits per heavy atom.